The lowest BCUT2D eigenvalue weighted by molar-refractivity contribution is -0.120. The third kappa shape index (κ3) is 4.28. The SMILES string of the molecule is COc1ccc(CC(=O)NC(c2ccccc2)c2ccccc2)cc1F. The van der Waals surface area contributed by atoms with Crippen LogP contribution in [0.2, 0.25) is 0 Å². The van der Waals surface area contributed by atoms with Gasteiger partial charge < -0.3 is 10.1 Å². The van der Waals surface area contributed by atoms with Gasteiger partial charge in [-0.15, -0.1) is 0 Å². The molecule has 0 saturated carbocycles. The second-order valence-corrected chi connectivity index (χ2v) is 5.97. The van der Waals surface area contributed by atoms with E-state index in [2.05, 4.69) is 5.32 Å². The molecule has 3 aromatic rings. The number of hydrogen-bond acceptors (Lipinski definition) is 2. The standard InChI is InChI=1S/C22H20FNO2/c1-26-20-13-12-16(14-19(20)23)15-21(25)24-22(17-8-4-2-5-9-17)18-10-6-3-7-11-18/h2-14,22H,15H2,1H3,(H,24,25). The van der Waals surface area contributed by atoms with E-state index in [1.165, 1.54) is 19.2 Å². The fraction of sp³-hybridized carbons (Fsp3) is 0.136. The molecule has 0 aromatic heterocycles. The molecule has 0 aliphatic rings. The Morgan fingerprint density at radius 2 is 1.54 bits per heavy atom. The number of nitrogens with one attached hydrogen (secondary N) is 1. The number of carbonyl (C=O) groups is 1. The van der Waals surface area contributed by atoms with Crippen molar-refractivity contribution in [2.75, 3.05) is 7.11 Å². The van der Waals surface area contributed by atoms with E-state index in [0.29, 0.717) is 5.56 Å². The van der Waals surface area contributed by atoms with Gasteiger partial charge in [0.25, 0.3) is 0 Å². The molecule has 4 heteroatoms. The first-order chi connectivity index (χ1) is 12.7. The van der Waals surface area contributed by atoms with Crippen LogP contribution in [0.5, 0.6) is 5.75 Å². The summed E-state index contributed by atoms with van der Waals surface area (Å²) in [5.41, 5.74) is 2.58. The Hall–Kier alpha value is -3.14. The van der Waals surface area contributed by atoms with Crippen LogP contribution in [0.3, 0.4) is 0 Å². The van der Waals surface area contributed by atoms with Crippen LogP contribution in [0.25, 0.3) is 0 Å². The predicted octanol–water partition coefficient (Wildman–Crippen LogP) is 4.28. The summed E-state index contributed by atoms with van der Waals surface area (Å²) in [6, 6.07) is 23.9. The number of carbonyl (C=O) groups excluding carboxylic acids is 1. The Balaban J connectivity index is 1.79. The molecular weight excluding hydrogens is 329 g/mol. The summed E-state index contributed by atoms with van der Waals surface area (Å²) in [6.07, 6.45) is 0.0943. The first kappa shape index (κ1) is 17.7. The maximum Gasteiger partial charge on any atom is 0.225 e. The van der Waals surface area contributed by atoms with Crippen LogP contribution in [-0.2, 0) is 11.2 Å². The molecule has 0 aliphatic heterocycles. The van der Waals surface area contributed by atoms with Gasteiger partial charge in [-0.2, -0.15) is 0 Å². The number of ether oxygens (including phenoxy) is 1. The lowest BCUT2D eigenvalue weighted by Gasteiger charge is -2.20. The van der Waals surface area contributed by atoms with E-state index in [1.807, 2.05) is 60.7 Å². The molecule has 0 spiro atoms. The quantitative estimate of drug-likeness (QED) is 0.721. The number of halogens is 1. The normalized spacial score (nSPS) is 10.6. The summed E-state index contributed by atoms with van der Waals surface area (Å²) in [5, 5.41) is 3.05. The zero-order valence-electron chi connectivity index (χ0n) is 14.5. The number of benzene rings is 3. The zero-order chi connectivity index (χ0) is 18.4. The van der Waals surface area contributed by atoms with Gasteiger partial charge in [0.2, 0.25) is 5.91 Å². The Bertz CT molecular complexity index is 826. The lowest BCUT2D eigenvalue weighted by atomic mass is 9.98. The van der Waals surface area contributed by atoms with E-state index in [4.69, 9.17) is 4.74 Å². The maximum atomic E-state index is 13.8. The topological polar surface area (TPSA) is 38.3 Å². The third-order valence-corrected chi connectivity index (χ3v) is 4.15. The maximum absolute atomic E-state index is 13.8. The lowest BCUT2D eigenvalue weighted by Crippen LogP contribution is -2.30. The van der Waals surface area contributed by atoms with Gasteiger partial charge in [-0.25, -0.2) is 4.39 Å². The van der Waals surface area contributed by atoms with E-state index in [0.717, 1.165) is 11.1 Å². The molecule has 3 nitrogen and oxygen atoms in total. The number of rotatable bonds is 6. The van der Waals surface area contributed by atoms with Crippen molar-refractivity contribution in [3.8, 4) is 5.75 Å². The van der Waals surface area contributed by atoms with Crippen molar-refractivity contribution in [2.24, 2.45) is 0 Å². The highest BCUT2D eigenvalue weighted by atomic mass is 19.1. The van der Waals surface area contributed by atoms with E-state index < -0.39 is 5.82 Å². The van der Waals surface area contributed by atoms with Gasteiger partial charge in [-0.05, 0) is 28.8 Å². The molecule has 0 saturated heterocycles. The molecule has 1 amide bonds. The minimum atomic E-state index is -0.472. The first-order valence-corrected chi connectivity index (χ1v) is 8.39. The monoisotopic (exact) mass is 349 g/mol. The molecule has 0 unspecified atom stereocenters. The molecule has 1 N–H and O–H groups in total. The molecule has 0 radical (unpaired) electrons. The van der Waals surface area contributed by atoms with Gasteiger partial charge in [-0.1, -0.05) is 66.7 Å². The summed E-state index contributed by atoms with van der Waals surface area (Å²) < 4.78 is 18.7. The van der Waals surface area contributed by atoms with Gasteiger partial charge >= 0.3 is 0 Å². The summed E-state index contributed by atoms with van der Waals surface area (Å²) in [7, 11) is 1.41. The number of methoxy groups -OCH3 is 1. The van der Waals surface area contributed by atoms with Crippen LogP contribution >= 0.6 is 0 Å². The van der Waals surface area contributed by atoms with E-state index in [-0.39, 0.29) is 24.1 Å². The Morgan fingerprint density at radius 1 is 0.962 bits per heavy atom. The van der Waals surface area contributed by atoms with Crippen molar-refractivity contribution in [1.29, 1.82) is 0 Å². The van der Waals surface area contributed by atoms with Crippen LogP contribution in [0, 0.1) is 5.82 Å². The summed E-state index contributed by atoms with van der Waals surface area (Å²) in [6.45, 7) is 0. The van der Waals surface area contributed by atoms with Crippen molar-refractivity contribution < 1.29 is 13.9 Å². The van der Waals surface area contributed by atoms with Crippen LogP contribution < -0.4 is 10.1 Å². The van der Waals surface area contributed by atoms with Gasteiger partial charge in [0.05, 0.1) is 19.6 Å². The first-order valence-electron chi connectivity index (χ1n) is 8.39. The molecule has 0 fully saturated rings. The van der Waals surface area contributed by atoms with E-state index >= 15 is 0 Å². The molecule has 0 aliphatic carbocycles. The van der Waals surface area contributed by atoms with Gasteiger partial charge in [0.15, 0.2) is 11.6 Å². The van der Waals surface area contributed by atoms with Crippen LogP contribution in [0.4, 0.5) is 4.39 Å². The average molecular weight is 349 g/mol. The average Bonchev–Trinajstić information content (AvgIpc) is 2.68. The summed E-state index contributed by atoms with van der Waals surface area (Å²) >= 11 is 0. The largest absolute Gasteiger partial charge is 0.494 e. The van der Waals surface area contributed by atoms with Gasteiger partial charge in [-0.3, -0.25) is 4.79 Å². The fourth-order valence-electron chi connectivity index (χ4n) is 2.87. The molecular formula is C22H20FNO2. The van der Waals surface area contributed by atoms with E-state index in [9.17, 15) is 9.18 Å². The van der Waals surface area contributed by atoms with Crippen LogP contribution in [0.1, 0.15) is 22.7 Å². The number of hydrogen-bond donors (Lipinski definition) is 1. The molecule has 0 atom stereocenters. The molecule has 0 heterocycles. The van der Waals surface area contributed by atoms with Crippen LogP contribution in [-0.4, -0.2) is 13.0 Å². The highest BCUT2D eigenvalue weighted by Gasteiger charge is 2.17. The van der Waals surface area contributed by atoms with Crippen molar-refractivity contribution in [2.45, 2.75) is 12.5 Å². The van der Waals surface area contributed by atoms with Crippen molar-refractivity contribution in [3.05, 3.63) is 101 Å². The minimum Gasteiger partial charge on any atom is -0.494 e. The minimum absolute atomic E-state index is 0.0943. The molecule has 26 heavy (non-hydrogen) atoms. The van der Waals surface area contributed by atoms with Crippen LogP contribution in [0.15, 0.2) is 78.9 Å². The second kappa shape index (κ2) is 8.30. The fourth-order valence-corrected chi connectivity index (χ4v) is 2.87. The molecule has 3 aromatic carbocycles. The smallest absolute Gasteiger partial charge is 0.225 e. The third-order valence-electron chi connectivity index (χ3n) is 4.15. The number of amides is 1. The molecule has 3 rings (SSSR count). The van der Waals surface area contributed by atoms with Gasteiger partial charge in [0.1, 0.15) is 0 Å². The zero-order valence-corrected chi connectivity index (χ0v) is 14.5. The summed E-state index contributed by atoms with van der Waals surface area (Å²) in [5.74, 6) is -0.478. The predicted molar refractivity (Wildman–Crippen MR) is 99.5 cm³/mol. The molecule has 132 valence electrons. The Labute approximate surface area is 152 Å². The van der Waals surface area contributed by atoms with Crippen molar-refractivity contribution >= 4 is 5.91 Å². The van der Waals surface area contributed by atoms with Crippen molar-refractivity contribution in [3.63, 3.8) is 0 Å². The highest BCUT2D eigenvalue weighted by Crippen LogP contribution is 2.22. The second-order valence-electron chi connectivity index (χ2n) is 5.97. The van der Waals surface area contributed by atoms with E-state index in [1.54, 1.807) is 6.07 Å². The highest BCUT2D eigenvalue weighted by molar-refractivity contribution is 5.79. The summed E-state index contributed by atoms with van der Waals surface area (Å²) in [4.78, 5) is 12.6. The Morgan fingerprint density at radius 3 is 2.04 bits per heavy atom. The van der Waals surface area contributed by atoms with Gasteiger partial charge in [0, 0.05) is 0 Å². The Kier molecular flexibility index (Phi) is 5.64. The molecule has 0 bridgehead atoms. The van der Waals surface area contributed by atoms with Crippen molar-refractivity contribution in [1.82, 2.24) is 5.32 Å².